The molecule has 1 aliphatic rings. The third-order valence-electron chi connectivity index (χ3n) is 3.89. The highest BCUT2D eigenvalue weighted by molar-refractivity contribution is 14.1. The minimum atomic E-state index is -0.190. The fraction of sp³-hybridized carbons (Fsp3) is 0.111. The van der Waals surface area contributed by atoms with Gasteiger partial charge in [0.15, 0.2) is 5.13 Å². The molecule has 0 bridgehead atoms. The molecule has 1 aliphatic heterocycles. The minimum Gasteiger partial charge on any atom is -0.493 e. The zero-order valence-corrected chi connectivity index (χ0v) is 16.6. The number of amides is 1. The lowest BCUT2D eigenvalue weighted by atomic mass is 10.1. The fourth-order valence-corrected chi connectivity index (χ4v) is 4.48. The van der Waals surface area contributed by atoms with Gasteiger partial charge in [-0.1, -0.05) is 11.6 Å². The average molecular weight is 483 g/mol. The van der Waals surface area contributed by atoms with Crippen LogP contribution < -0.4 is 10.1 Å². The lowest BCUT2D eigenvalue weighted by Crippen LogP contribution is -2.13. The summed E-state index contributed by atoms with van der Waals surface area (Å²) >= 11 is 9.45. The van der Waals surface area contributed by atoms with E-state index >= 15 is 0 Å². The number of nitrogens with zero attached hydrogens (tertiary/aromatic N) is 1. The van der Waals surface area contributed by atoms with E-state index in [0.29, 0.717) is 15.7 Å². The summed E-state index contributed by atoms with van der Waals surface area (Å²) in [5.41, 5.74) is 3.66. The number of halogens is 2. The molecule has 0 unspecified atom stereocenters. The summed E-state index contributed by atoms with van der Waals surface area (Å²) in [6.07, 6.45) is 0.923. The lowest BCUT2D eigenvalue weighted by Gasteiger charge is -2.05. The molecule has 0 saturated carbocycles. The number of nitrogens with one attached hydrogen (secondary N) is 1. The van der Waals surface area contributed by atoms with Gasteiger partial charge < -0.3 is 4.74 Å². The molecule has 0 saturated heterocycles. The van der Waals surface area contributed by atoms with Crippen molar-refractivity contribution in [1.29, 1.82) is 0 Å². The summed E-state index contributed by atoms with van der Waals surface area (Å²) < 4.78 is 6.33. The predicted molar refractivity (Wildman–Crippen MR) is 109 cm³/mol. The van der Waals surface area contributed by atoms with Gasteiger partial charge in [-0.05, 0) is 64.6 Å². The molecule has 126 valence electrons. The second-order valence-electron chi connectivity index (χ2n) is 5.54. The van der Waals surface area contributed by atoms with Crippen LogP contribution in [0.15, 0.2) is 41.8 Å². The Labute approximate surface area is 167 Å². The SMILES string of the molecule is O=C(Nc1nc(-c2ccc3c(c2)CCO3)cs1)c1ccc(Cl)cc1I. The van der Waals surface area contributed by atoms with Crippen LogP contribution in [0.4, 0.5) is 5.13 Å². The van der Waals surface area contributed by atoms with Crippen LogP contribution in [-0.2, 0) is 6.42 Å². The van der Waals surface area contributed by atoms with Gasteiger partial charge in [0.05, 0.1) is 17.9 Å². The highest BCUT2D eigenvalue weighted by Gasteiger charge is 2.16. The van der Waals surface area contributed by atoms with Gasteiger partial charge in [-0.25, -0.2) is 4.98 Å². The van der Waals surface area contributed by atoms with Crippen molar-refractivity contribution in [2.75, 3.05) is 11.9 Å². The molecule has 7 heteroatoms. The van der Waals surface area contributed by atoms with Crippen molar-refractivity contribution in [3.05, 3.63) is 61.5 Å². The quantitative estimate of drug-likeness (QED) is 0.519. The van der Waals surface area contributed by atoms with Crippen LogP contribution in [0.2, 0.25) is 5.02 Å². The molecular formula is C18H12ClIN2O2S. The summed E-state index contributed by atoms with van der Waals surface area (Å²) in [6, 6.07) is 11.3. The number of benzene rings is 2. The zero-order valence-electron chi connectivity index (χ0n) is 12.9. The summed E-state index contributed by atoms with van der Waals surface area (Å²) in [4.78, 5) is 17.0. The topological polar surface area (TPSA) is 51.2 Å². The highest BCUT2D eigenvalue weighted by atomic mass is 127. The molecular weight excluding hydrogens is 471 g/mol. The maximum absolute atomic E-state index is 12.4. The molecule has 4 rings (SSSR count). The van der Waals surface area contributed by atoms with Crippen molar-refractivity contribution in [2.24, 2.45) is 0 Å². The Morgan fingerprint density at radius 2 is 2.16 bits per heavy atom. The monoisotopic (exact) mass is 482 g/mol. The number of aromatic nitrogens is 1. The highest BCUT2D eigenvalue weighted by Crippen LogP contribution is 2.32. The molecule has 0 aliphatic carbocycles. The van der Waals surface area contributed by atoms with Crippen LogP contribution in [0.5, 0.6) is 5.75 Å². The van der Waals surface area contributed by atoms with Crippen LogP contribution in [0, 0.1) is 3.57 Å². The molecule has 0 spiro atoms. The number of fused-ring (bicyclic) bond motifs is 1. The van der Waals surface area contributed by atoms with E-state index in [-0.39, 0.29) is 5.91 Å². The molecule has 25 heavy (non-hydrogen) atoms. The van der Waals surface area contributed by atoms with Crippen molar-refractivity contribution in [3.63, 3.8) is 0 Å². The maximum Gasteiger partial charge on any atom is 0.258 e. The Balaban J connectivity index is 1.54. The van der Waals surface area contributed by atoms with Crippen molar-refractivity contribution < 1.29 is 9.53 Å². The van der Waals surface area contributed by atoms with E-state index < -0.39 is 0 Å². The second kappa shape index (κ2) is 6.93. The average Bonchev–Trinajstić information content (AvgIpc) is 3.22. The van der Waals surface area contributed by atoms with Crippen LogP contribution in [0.3, 0.4) is 0 Å². The van der Waals surface area contributed by atoms with Gasteiger partial charge in [0.2, 0.25) is 0 Å². The van der Waals surface area contributed by atoms with E-state index in [2.05, 4.69) is 39.0 Å². The molecule has 0 fully saturated rings. The van der Waals surface area contributed by atoms with Crippen molar-refractivity contribution in [3.8, 4) is 17.0 Å². The van der Waals surface area contributed by atoms with Crippen LogP contribution in [-0.4, -0.2) is 17.5 Å². The molecule has 3 aromatic rings. The minimum absolute atomic E-state index is 0.190. The van der Waals surface area contributed by atoms with E-state index in [0.717, 1.165) is 33.6 Å². The van der Waals surface area contributed by atoms with Crippen LogP contribution in [0.25, 0.3) is 11.3 Å². The summed E-state index contributed by atoms with van der Waals surface area (Å²) in [5, 5.41) is 5.98. The van der Waals surface area contributed by atoms with Crippen molar-refractivity contribution in [2.45, 2.75) is 6.42 Å². The van der Waals surface area contributed by atoms with Gasteiger partial charge in [-0.3, -0.25) is 10.1 Å². The van der Waals surface area contributed by atoms with E-state index in [1.54, 1.807) is 18.2 Å². The number of rotatable bonds is 3. The molecule has 1 amide bonds. The number of thiazole rings is 1. The van der Waals surface area contributed by atoms with Gasteiger partial charge in [0.1, 0.15) is 5.75 Å². The first kappa shape index (κ1) is 16.8. The van der Waals surface area contributed by atoms with Gasteiger partial charge in [-0.15, -0.1) is 11.3 Å². The van der Waals surface area contributed by atoms with Gasteiger partial charge in [0.25, 0.3) is 5.91 Å². The van der Waals surface area contributed by atoms with E-state index in [4.69, 9.17) is 16.3 Å². The van der Waals surface area contributed by atoms with E-state index in [9.17, 15) is 4.79 Å². The summed E-state index contributed by atoms with van der Waals surface area (Å²) in [7, 11) is 0. The Morgan fingerprint density at radius 3 is 3.00 bits per heavy atom. The lowest BCUT2D eigenvalue weighted by molar-refractivity contribution is 0.102. The largest absolute Gasteiger partial charge is 0.493 e. The molecule has 4 nitrogen and oxygen atoms in total. The normalized spacial score (nSPS) is 12.6. The Hall–Kier alpha value is -1.64. The first-order chi connectivity index (χ1) is 12.1. The molecule has 1 aromatic heterocycles. The fourth-order valence-electron chi connectivity index (χ4n) is 2.65. The van der Waals surface area contributed by atoms with Crippen LogP contribution >= 0.6 is 45.5 Å². The van der Waals surface area contributed by atoms with Gasteiger partial charge in [0, 0.05) is 26.0 Å². The third kappa shape index (κ3) is 3.51. The summed E-state index contributed by atoms with van der Waals surface area (Å²) in [6.45, 7) is 0.733. The van der Waals surface area contributed by atoms with Crippen LogP contribution in [0.1, 0.15) is 15.9 Å². The summed E-state index contributed by atoms with van der Waals surface area (Å²) in [5.74, 6) is 0.758. The Morgan fingerprint density at radius 1 is 1.28 bits per heavy atom. The molecule has 0 radical (unpaired) electrons. The standard InChI is InChI=1S/C18H12ClIN2O2S/c19-12-2-3-13(14(20)8-12)17(23)22-18-21-15(9-25-18)10-1-4-16-11(7-10)5-6-24-16/h1-4,7-9H,5-6H2,(H,21,22,23). The molecule has 0 atom stereocenters. The van der Waals surface area contributed by atoms with Crippen molar-refractivity contribution >= 4 is 56.6 Å². The number of ether oxygens (including phenoxy) is 1. The molecule has 2 aromatic carbocycles. The smallest absolute Gasteiger partial charge is 0.258 e. The van der Waals surface area contributed by atoms with E-state index in [1.807, 2.05) is 17.5 Å². The van der Waals surface area contributed by atoms with Gasteiger partial charge in [-0.2, -0.15) is 0 Å². The number of carbonyl (C=O) groups is 1. The van der Waals surface area contributed by atoms with E-state index in [1.165, 1.54) is 16.9 Å². The number of hydrogen-bond donors (Lipinski definition) is 1. The predicted octanol–water partition coefficient (Wildman–Crippen LogP) is 5.26. The van der Waals surface area contributed by atoms with Crippen molar-refractivity contribution in [1.82, 2.24) is 4.98 Å². The third-order valence-corrected chi connectivity index (χ3v) is 5.77. The number of carbonyl (C=O) groups excluding carboxylic acids is 1. The second-order valence-corrected chi connectivity index (χ2v) is 7.99. The Kier molecular flexibility index (Phi) is 4.66. The first-order valence-corrected chi connectivity index (χ1v) is 9.92. The van der Waals surface area contributed by atoms with Gasteiger partial charge >= 0.3 is 0 Å². The maximum atomic E-state index is 12.4. The molecule has 1 N–H and O–H groups in total. The molecule has 2 heterocycles. The first-order valence-electron chi connectivity index (χ1n) is 7.58. The number of hydrogen-bond acceptors (Lipinski definition) is 4. The zero-order chi connectivity index (χ0) is 17.4. The number of anilines is 1. The Bertz CT molecular complexity index is 973.